The van der Waals surface area contributed by atoms with E-state index in [1.54, 1.807) is 0 Å². The number of ether oxygens (including phenoxy) is 1. The average molecular weight is 242 g/mol. The summed E-state index contributed by atoms with van der Waals surface area (Å²) in [7, 11) is 0. The molecule has 0 aromatic heterocycles. The standard InChI is InChI=1S/C14H30N2O/c1-11(2)15-9-12(3)14(5)16-7-6-8-17-13(4)10-16/h11-15H,6-10H2,1-5H3. The minimum atomic E-state index is 0.380. The summed E-state index contributed by atoms with van der Waals surface area (Å²) >= 11 is 0. The predicted octanol–water partition coefficient (Wildman–Crippen LogP) is 2.12. The van der Waals surface area contributed by atoms with Crippen LogP contribution in [0.25, 0.3) is 0 Å². The molecule has 0 spiro atoms. The smallest absolute Gasteiger partial charge is 0.0674 e. The highest BCUT2D eigenvalue weighted by molar-refractivity contribution is 4.78. The molecule has 3 unspecified atom stereocenters. The molecule has 1 N–H and O–H groups in total. The minimum absolute atomic E-state index is 0.380. The lowest BCUT2D eigenvalue weighted by Crippen LogP contribution is -2.44. The van der Waals surface area contributed by atoms with E-state index in [0.29, 0.717) is 24.1 Å². The Morgan fingerprint density at radius 1 is 1.29 bits per heavy atom. The van der Waals surface area contributed by atoms with Crippen molar-refractivity contribution < 1.29 is 4.74 Å². The van der Waals surface area contributed by atoms with Crippen LogP contribution in [0.2, 0.25) is 0 Å². The van der Waals surface area contributed by atoms with Crippen LogP contribution in [-0.2, 0) is 4.74 Å². The van der Waals surface area contributed by atoms with Crippen molar-refractivity contribution in [2.24, 2.45) is 5.92 Å². The Morgan fingerprint density at radius 2 is 2.00 bits per heavy atom. The van der Waals surface area contributed by atoms with E-state index in [9.17, 15) is 0 Å². The molecule has 1 aliphatic heterocycles. The summed E-state index contributed by atoms with van der Waals surface area (Å²) in [6.45, 7) is 15.6. The normalized spacial score (nSPS) is 26.8. The Kier molecular flexibility index (Phi) is 6.45. The maximum absolute atomic E-state index is 5.70. The molecule has 1 aliphatic rings. The number of hydrogen-bond donors (Lipinski definition) is 1. The molecule has 0 aliphatic carbocycles. The first-order valence-electron chi connectivity index (χ1n) is 7.09. The fraction of sp³-hybridized carbons (Fsp3) is 1.00. The van der Waals surface area contributed by atoms with Crippen LogP contribution in [0.3, 0.4) is 0 Å². The SMILES string of the molecule is CC(C)NCC(C)C(C)N1CCCOC(C)C1. The van der Waals surface area contributed by atoms with Crippen molar-refractivity contribution in [2.75, 3.05) is 26.2 Å². The molecule has 1 saturated heterocycles. The van der Waals surface area contributed by atoms with Crippen molar-refractivity contribution in [3.05, 3.63) is 0 Å². The highest BCUT2D eigenvalue weighted by Crippen LogP contribution is 2.15. The summed E-state index contributed by atoms with van der Waals surface area (Å²) < 4.78 is 5.70. The second-order valence-electron chi connectivity index (χ2n) is 5.81. The molecular weight excluding hydrogens is 212 g/mol. The zero-order chi connectivity index (χ0) is 12.8. The van der Waals surface area contributed by atoms with E-state index in [4.69, 9.17) is 4.74 Å². The fourth-order valence-electron chi connectivity index (χ4n) is 2.35. The molecule has 1 rings (SSSR count). The van der Waals surface area contributed by atoms with E-state index in [-0.39, 0.29) is 0 Å². The molecule has 0 radical (unpaired) electrons. The average Bonchev–Trinajstić information content (AvgIpc) is 2.49. The Morgan fingerprint density at radius 3 is 2.65 bits per heavy atom. The van der Waals surface area contributed by atoms with Gasteiger partial charge in [-0.2, -0.15) is 0 Å². The molecule has 0 saturated carbocycles. The summed E-state index contributed by atoms with van der Waals surface area (Å²) in [6.07, 6.45) is 1.55. The van der Waals surface area contributed by atoms with Crippen molar-refractivity contribution in [3.63, 3.8) is 0 Å². The third-order valence-electron chi connectivity index (χ3n) is 3.73. The molecule has 1 fully saturated rings. The predicted molar refractivity (Wildman–Crippen MR) is 73.4 cm³/mol. The van der Waals surface area contributed by atoms with Gasteiger partial charge in [0.15, 0.2) is 0 Å². The minimum Gasteiger partial charge on any atom is -0.377 e. The van der Waals surface area contributed by atoms with Gasteiger partial charge in [0.2, 0.25) is 0 Å². The van der Waals surface area contributed by atoms with Crippen molar-refractivity contribution in [2.45, 2.75) is 59.2 Å². The van der Waals surface area contributed by atoms with Crippen LogP contribution in [0, 0.1) is 5.92 Å². The lowest BCUT2D eigenvalue weighted by atomic mass is 10.0. The van der Waals surface area contributed by atoms with Crippen LogP contribution < -0.4 is 5.32 Å². The zero-order valence-corrected chi connectivity index (χ0v) is 12.2. The number of rotatable bonds is 5. The molecule has 0 aromatic rings. The zero-order valence-electron chi connectivity index (χ0n) is 12.2. The Bertz CT molecular complexity index is 208. The van der Waals surface area contributed by atoms with Gasteiger partial charge in [-0.1, -0.05) is 20.8 Å². The number of nitrogens with zero attached hydrogens (tertiary/aromatic N) is 1. The summed E-state index contributed by atoms with van der Waals surface area (Å²) in [5, 5.41) is 3.53. The van der Waals surface area contributed by atoms with Gasteiger partial charge < -0.3 is 10.1 Å². The van der Waals surface area contributed by atoms with Crippen LogP contribution in [0.5, 0.6) is 0 Å². The Labute approximate surface area is 107 Å². The summed E-state index contributed by atoms with van der Waals surface area (Å²) in [5.74, 6) is 0.683. The van der Waals surface area contributed by atoms with Crippen LogP contribution in [0.15, 0.2) is 0 Å². The van der Waals surface area contributed by atoms with Gasteiger partial charge in [0.25, 0.3) is 0 Å². The third kappa shape index (κ3) is 5.36. The van der Waals surface area contributed by atoms with Crippen molar-refractivity contribution >= 4 is 0 Å². The van der Waals surface area contributed by atoms with Gasteiger partial charge in [-0.3, -0.25) is 4.90 Å². The van der Waals surface area contributed by atoms with E-state index in [2.05, 4.69) is 44.8 Å². The van der Waals surface area contributed by atoms with Crippen LogP contribution in [0.4, 0.5) is 0 Å². The van der Waals surface area contributed by atoms with E-state index >= 15 is 0 Å². The monoisotopic (exact) mass is 242 g/mol. The second-order valence-corrected chi connectivity index (χ2v) is 5.81. The highest BCUT2D eigenvalue weighted by atomic mass is 16.5. The first kappa shape index (κ1) is 14.9. The molecule has 0 aromatic carbocycles. The maximum Gasteiger partial charge on any atom is 0.0674 e. The van der Waals surface area contributed by atoms with Crippen LogP contribution in [0.1, 0.15) is 41.0 Å². The van der Waals surface area contributed by atoms with Gasteiger partial charge in [0, 0.05) is 31.8 Å². The van der Waals surface area contributed by atoms with E-state index in [1.807, 2.05) is 0 Å². The largest absolute Gasteiger partial charge is 0.377 e. The Hall–Kier alpha value is -0.120. The van der Waals surface area contributed by atoms with Gasteiger partial charge in [0.1, 0.15) is 0 Å². The molecular formula is C14H30N2O. The summed E-state index contributed by atoms with van der Waals surface area (Å²) in [4.78, 5) is 2.59. The summed E-state index contributed by atoms with van der Waals surface area (Å²) in [5.41, 5.74) is 0. The quantitative estimate of drug-likeness (QED) is 0.799. The van der Waals surface area contributed by atoms with E-state index in [0.717, 1.165) is 19.7 Å². The number of nitrogens with one attached hydrogen (secondary N) is 1. The van der Waals surface area contributed by atoms with Gasteiger partial charge >= 0.3 is 0 Å². The Balaban J connectivity index is 2.40. The molecule has 3 atom stereocenters. The van der Waals surface area contributed by atoms with Gasteiger partial charge in [-0.25, -0.2) is 0 Å². The molecule has 0 bridgehead atoms. The lowest BCUT2D eigenvalue weighted by molar-refractivity contribution is 0.0566. The molecule has 0 amide bonds. The van der Waals surface area contributed by atoms with Gasteiger partial charge in [0.05, 0.1) is 6.10 Å². The second kappa shape index (κ2) is 7.34. The van der Waals surface area contributed by atoms with Gasteiger partial charge in [-0.15, -0.1) is 0 Å². The van der Waals surface area contributed by atoms with Crippen molar-refractivity contribution in [3.8, 4) is 0 Å². The van der Waals surface area contributed by atoms with Crippen molar-refractivity contribution in [1.29, 1.82) is 0 Å². The fourth-order valence-corrected chi connectivity index (χ4v) is 2.35. The molecule has 102 valence electrons. The molecule has 3 heteroatoms. The lowest BCUT2D eigenvalue weighted by Gasteiger charge is -2.33. The summed E-state index contributed by atoms with van der Waals surface area (Å²) in [6, 6.07) is 1.21. The molecule has 1 heterocycles. The third-order valence-corrected chi connectivity index (χ3v) is 3.73. The van der Waals surface area contributed by atoms with Gasteiger partial charge in [-0.05, 0) is 32.7 Å². The highest BCUT2D eigenvalue weighted by Gasteiger charge is 2.23. The van der Waals surface area contributed by atoms with E-state index in [1.165, 1.54) is 13.0 Å². The first-order valence-corrected chi connectivity index (χ1v) is 7.09. The van der Waals surface area contributed by atoms with Crippen LogP contribution in [-0.4, -0.2) is 49.3 Å². The topological polar surface area (TPSA) is 24.5 Å². The number of hydrogen-bond acceptors (Lipinski definition) is 3. The molecule has 17 heavy (non-hydrogen) atoms. The van der Waals surface area contributed by atoms with E-state index < -0.39 is 0 Å². The van der Waals surface area contributed by atoms with Crippen molar-refractivity contribution in [1.82, 2.24) is 10.2 Å². The molecule has 3 nitrogen and oxygen atoms in total. The van der Waals surface area contributed by atoms with Crippen LogP contribution >= 0.6 is 0 Å². The maximum atomic E-state index is 5.70. The first-order chi connectivity index (χ1) is 8.00.